The molecule has 4 aromatic rings. The van der Waals surface area contributed by atoms with Crippen molar-refractivity contribution in [1.82, 2.24) is 15.0 Å². The van der Waals surface area contributed by atoms with Gasteiger partial charge in [-0.1, -0.05) is 30.3 Å². The second-order valence-corrected chi connectivity index (χ2v) is 7.92. The van der Waals surface area contributed by atoms with Gasteiger partial charge in [-0.05, 0) is 48.7 Å². The van der Waals surface area contributed by atoms with Gasteiger partial charge in [0.05, 0.1) is 18.7 Å². The number of ether oxygens (including phenoxy) is 1. The van der Waals surface area contributed by atoms with Gasteiger partial charge < -0.3 is 14.2 Å². The third-order valence-electron chi connectivity index (χ3n) is 4.98. The number of rotatable bonds is 7. The fourth-order valence-electron chi connectivity index (χ4n) is 3.37. The molecule has 0 spiro atoms. The molecule has 0 N–H and O–H groups in total. The number of amides is 1. The van der Waals surface area contributed by atoms with Crippen molar-refractivity contribution in [1.29, 1.82) is 0 Å². The van der Waals surface area contributed by atoms with E-state index in [-0.39, 0.29) is 5.91 Å². The van der Waals surface area contributed by atoms with Crippen LogP contribution < -0.4 is 4.74 Å². The van der Waals surface area contributed by atoms with E-state index in [1.54, 1.807) is 13.3 Å². The van der Waals surface area contributed by atoms with Crippen LogP contribution >= 0.6 is 11.3 Å². The van der Waals surface area contributed by atoms with Crippen LogP contribution in [0.15, 0.2) is 53.2 Å². The number of benzene rings is 2. The largest absolute Gasteiger partial charge is 0.497 e. The highest BCUT2D eigenvalue weighted by molar-refractivity contribution is 7.17. The van der Waals surface area contributed by atoms with Gasteiger partial charge in [-0.25, -0.2) is 4.98 Å². The Kier molecular flexibility index (Phi) is 5.81. The van der Waals surface area contributed by atoms with Crippen LogP contribution in [0.25, 0.3) is 32.8 Å². The van der Waals surface area contributed by atoms with Gasteiger partial charge >= 0.3 is 0 Å². The number of aromatic nitrogens is 2. The lowest BCUT2D eigenvalue weighted by Gasteiger charge is -2.18. The smallest absolute Gasteiger partial charge is 0.265 e. The average Bonchev–Trinajstić information content (AvgIpc) is 3.43. The molecule has 0 fully saturated rings. The highest BCUT2D eigenvalue weighted by Gasteiger charge is 2.20. The maximum atomic E-state index is 12.7. The third kappa shape index (κ3) is 3.80. The number of hydrogen-bond acceptors (Lipinski definition) is 6. The lowest BCUT2D eigenvalue weighted by atomic mass is 10.0. The molecule has 0 saturated heterocycles. The fraction of sp³-hybridized carbons (Fsp3) is 0.261. The zero-order chi connectivity index (χ0) is 21.1. The minimum Gasteiger partial charge on any atom is -0.497 e. The van der Waals surface area contributed by atoms with E-state index in [4.69, 9.17) is 9.26 Å². The second kappa shape index (κ2) is 8.67. The molecule has 2 aromatic carbocycles. The lowest BCUT2D eigenvalue weighted by Crippen LogP contribution is -2.30. The van der Waals surface area contributed by atoms with Crippen LogP contribution in [0.5, 0.6) is 5.75 Å². The number of nitrogens with zero attached hydrogens (tertiary/aromatic N) is 3. The highest BCUT2D eigenvalue weighted by atomic mass is 32.1. The van der Waals surface area contributed by atoms with E-state index in [9.17, 15) is 4.79 Å². The van der Waals surface area contributed by atoms with Crippen molar-refractivity contribution >= 4 is 28.2 Å². The minimum absolute atomic E-state index is 0.0118. The summed E-state index contributed by atoms with van der Waals surface area (Å²) < 4.78 is 10.8. The van der Waals surface area contributed by atoms with E-state index in [0.29, 0.717) is 27.7 Å². The normalized spacial score (nSPS) is 11.0. The molecular weight excluding hydrogens is 398 g/mol. The summed E-state index contributed by atoms with van der Waals surface area (Å²) in [4.78, 5) is 19.6. The van der Waals surface area contributed by atoms with Gasteiger partial charge in [0.2, 0.25) is 0 Å². The first-order chi connectivity index (χ1) is 14.6. The number of fused-ring (bicyclic) bond motifs is 1. The van der Waals surface area contributed by atoms with Crippen molar-refractivity contribution in [3.05, 3.63) is 53.5 Å². The van der Waals surface area contributed by atoms with Gasteiger partial charge in [-0.15, -0.1) is 11.3 Å². The summed E-state index contributed by atoms with van der Waals surface area (Å²) in [5, 5.41) is 5.79. The topological polar surface area (TPSA) is 68.5 Å². The number of carbonyl (C=O) groups excluding carboxylic acids is 1. The number of carbonyl (C=O) groups is 1. The molecule has 0 aliphatic heterocycles. The van der Waals surface area contributed by atoms with Crippen LogP contribution in [-0.4, -0.2) is 41.1 Å². The Bertz CT molecular complexity index is 1160. The van der Waals surface area contributed by atoms with E-state index in [0.717, 1.165) is 35.2 Å². The molecule has 2 aromatic heterocycles. The highest BCUT2D eigenvalue weighted by Crippen LogP contribution is 2.34. The van der Waals surface area contributed by atoms with Crippen LogP contribution in [0.1, 0.15) is 29.9 Å². The Morgan fingerprint density at radius 1 is 1.13 bits per heavy atom. The van der Waals surface area contributed by atoms with Crippen molar-refractivity contribution in [2.75, 3.05) is 20.2 Å². The van der Waals surface area contributed by atoms with Crippen molar-refractivity contribution in [3.63, 3.8) is 0 Å². The molecular formula is C23H23N3O3S. The quantitative estimate of drug-likeness (QED) is 0.394. The number of methoxy groups -OCH3 is 1. The van der Waals surface area contributed by atoms with Crippen LogP contribution in [-0.2, 0) is 0 Å². The average molecular weight is 422 g/mol. The van der Waals surface area contributed by atoms with Crippen LogP contribution in [0.4, 0.5) is 0 Å². The maximum absolute atomic E-state index is 12.7. The van der Waals surface area contributed by atoms with Crippen LogP contribution in [0, 0.1) is 0 Å². The summed E-state index contributed by atoms with van der Waals surface area (Å²) in [5.74, 6) is 0.828. The summed E-state index contributed by atoms with van der Waals surface area (Å²) >= 11 is 1.35. The van der Waals surface area contributed by atoms with E-state index >= 15 is 0 Å². The molecule has 0 atom stereocenters. The zero-order valence-corrected chi connectivity index (χ0v) is 18.0. The summed E-state index contributed by atoms with van der Waals surface area (Å²) in [6.07, 6.45) is 2.56. The molecule has 2 heterocycles. The first-order valence-electron chi connectivity index (χ1n) is 9.94. The second-order valence-electron chi connectivity index (χ2n) is 6.89. The van der Waals surface area contributed by atoms with Crippen LogP contribution in [0.3, 0.4) is 0 Å². The fourth-order valence-corrected chi connectivity index (χ4v) is 4.25. The Hall–Kier alpha value is -3.19. The van der Waals surface area contributed by atoms with Crippen molar-refractivity contribution in [2.24, 2.45) is 0 Å². The van der Waals surface area contributed by atoms with Gasteiger partial charge in [-0.2, -0.15) is 0 Å². The van der Waals surface area contributed by atoms with Gasteiger partial charge in [-0.3, -0.25) is 4.79 Å². The third-order valence-corrected chi connectivity index (χ3v) is 5.97. The molecule has 30 heavy (non-hydrogen) atoms. The van der Waals surface area contributed by atoms with Crippen LogP contribution in [0.2, 0.25) is 0 Å². The van der Waals surface area contributed by atoms with Crippen molar-refractivity contribution < 1.29 is 14.1 Å². The SMILES string of the molecule is CCCN(CC)C(=O)c1cnc(-c2noc3cc(-c4ccc(OC)cc4)ccc23)s1. The molecule has 154 valence electrons. The summed E-state index contributed by atoms with van der Waals surface area (Å²) in [6, 6.07) is 13.9. The van der Waals surface area contributed by atoms with E-state index in [1.807, 2.05) is 54.3 Å². The molecule has 1 amide bonds. The zero-order valence-electron chi connectivity index (χ0n) is 17.2. The molecule has 0 radical (unpaired) electrons. The monoisotopic (exact) mass is 421 g/mol. The van der Waals surface area contributed by atoms with E-state index in [1.165, 1.54) is 11.3 Å². The lowest BCUT2D eigenvalue weighted by molar-refractivity contribution is 0.0769. The van der Waals surface area contributed by atoms with Gasteiger partial charge in [0.1, 0.15) is 21.3 Å². The predicted molar refractivity (Wildman–Crippen MR) is 119 cm³/mol. The van der Waals surface area contributed by atoms with E-state index in [2.05, 4.69) is 17.1 Å². The Balaban J connectivity index is 1.63. The molecule has 0 aliphatic rings. The molecule has 6 nitrogen and oxygen atoms in total. The Morgan fingerprint density at radius 3 is 2.60 bits per heavy atom. The van der Waals surface area contributed by atoms with E-state index < -0.39 is 0 Å². The Morgan fingerprint density at radius 2 is 1.90 bits per heavy atom. The predicted octanol–water partition coefficient (Wildman–Crippen LogP) is 5.50. The number of hydrogen-bond donors (Lipinski definition) is 0. The summed E-state index contributed by atoms with van der Waals surface area (Å²) in [7, 11) is 1.65. The molecule has 0 bridgehead atoms. The molecule has 0 saturated carbocycles. The maximum Gasteiger partial charge on any atom is 0.265 e. The Labute approximate surface area is 179 Å². The van der Waals surface area contributed by atoms with Crippen molar-refractivity contribution in [3.8, 4) is 27.6 Å². The van der Waals surface area contributed by atoms with Gasteiger partial charge in [0, 0.05) is 13.1 Å². The standard InChI is InChI=1S/C23H23N3O3S/c1-4-12-26(5-2)23(27)20-14-24-22(30-20)21-18-11-8-16(13-19(18)29-25-21)15-6-9-17(28-3)10-7-15/h6-11,13-14H,4-5,12H2,1-3H3. The van der Waals surface area contributed by atoms with Crippen molar-refractivity contribution in [2.45, 2.75) is 20.3 Å². The number of thiazole rings is 1. The van der Waals surface area contributed by atoms with Gasteiger partial charge in [0.25, 0.3) is 5.91 Å². The first kappa shape index (κ1) is 20.1. The molecule has 4 rings (SSSR count). The molecule has 7 heteroatoms. The molecule has 0 aliphatic carbocycles. The van der Waals surface area contributed by atoms with Gasteiger partial charge in [0.15, 0.2) is 5.58 Å². The summed E-state index contributed by atoms with van der Waals surface area (Å²) in [5.41, 5.74) is 3.44. The molecule has 0 unspecified atom stereocenters. The first-order valence-corrected chi connectivity index (χ1v) is 10.8. The summed E-state index contributed by atoms with van der Waals surface area (Å²) in [6.45, 7) is 5.47. The minimum atomic E-state index is 0.0118.